The van der Waals surface area contributed by atoms with Crippen molar-refractivity contribution < 1.29 is 19.1 Å². The Bertz CT molecular complexity index is 910. The quantitative estimate of drug-likeness (QED) is 0.483. The van der Waals surface area contributed by atoms with Gasteiger partial charge in [0, 0.05) is 30.2 Å². The number of allylic oxidation sites excluding steroid dienone is 2. The summed E-state index contributed by atoms with van der Waals surface area (Å²) in [5, 5.41) is 3.96. The molecule has 30 heavy (non-hydrogen) atoms. The number of ether oxygens (including phenoxy) is 2. The minimum absolute atomic E-state index is 0.0129. The summed E-state index contributed by atoms with van der Waals surface area (Å²) < 4.78 is 11.0. The highest BCUT2D eigenvalue weighted by Gasteiger charge is 2.42. The molecule has 3 N–H and O–H groups in total. The van der Waals surface area contributed by atoms with Gasteiger partial charge in [0.15, 0.2) is 5.78 Å². The fraction of sp³-hybridized carbons (Fsp3) is 0.455. The first-order valence-electron chi connectivity index (χ1n) is 10.0. The maximum atomic E-state index is 13.1. The third-order valence-electron chi connectivity index (χ3n) is 5.21. The van der Waals surface area contributed by atoms with Crippen molar-refractivity contribution in [3.05, 3.63) is 56.3 Å². The second-order valence-corrected chi connectivity index (χ2v) is 8.27. The van der Waals surface area contributed by atoms with Gasteiger partial charge in [0.25, 0.3) is 0 Å². The van der Waals surface area contributed by atoms with Gasteiger partial charge in [-0.1, -0.05) is 42.3 Å². The van der Waals surface area contributed by atoms with E-state index in [0.717, 1.165) is 5.70 Å². The number of esters is 1. The van der Waals surface area contributed by atoms with Crippen LogP contribution in [-0.2, 0) is 19.1 Å². The molecule has 3 rings (SSSR count). The smallest absolute Gasteiger partial charge is 0.336 e. The second kappa shape index (κ2) is 9.96. The third-order valence-corrected chi connectivity index (χ3v) is 6.05. The minimum atomic E-state index is -0.678. The number of hydrogen-bond acceptors (Lipinski definition) is 6. The molecule has 0 saturated carbocycles. The van der Waals surface area contributed by atoms with E-state index in [1.165, 1.54) is 0 Å². The topological polar surface area (TPSA) is 90.7 Å². The van der Waals surface area contributed by atoms with Crippen molar-refractivity contribution in [3.63, 3.8) is 0 Å². The Balaban J connectivity index is 2.21. The Hall–Kier alpha value is -1.86. The van der Waals surface area contributed by atoms with Crippen LogP contribution in [0.4, 0.5) is 0 Å². The molecule has 6 nitrogen and oxygen atoms in total. The van der Waals surface area contributed by atoms with Gasteiger partial charge in [-0.25, -0.2) is 4.79 Å². The van der Waals surface area contributed by atoms with Crippen LogP contribution in [0.15, 0.2) is 40.7 Å². The number of nitrogens with two attached hydrogens (primary N) is 1. The van der Waals surface area contributed by atoms with E-state index in [2.05, 4.69) is 5.32 Å². The highest BCUT2D eigenvalue weighted by Crippen LogP contribution is 2.46. The first-order valence-corrected chi connectivity index (χ1v) is 10.8. The Morgan fingerprint density at radius 2 is 2.07 bits per heavy atom. The molecule has 1 aromatic carbocycles. The molecule has 0 amide bonds. The molecule has 1 aromatic rings. The zero-order valence-electron chi connectivity index (χ0n) is 17.1. The minimum Gasteiger partial charge on any atom is -0.463 e. The van der Waals surface area contributed by atoms with Crippen LogP contribution in [0.3, 0.4) is 0 Å². The number of rotatable bonds is 7. The van der Waals surface area contributed by atoms with Crippen LogP contribution in [0.5, 0.6) is 0 Å². The number of benzene rings is 1. The normalized spacial score (nSPS) is 21.4. The van der Waals surface area contributed by atoms with E-state index < -0.39 is 11.9 Å². The maximum Gasteiger partial charge on any atom is 0.336 e. The van der Waals surface area contributed by atoms with Crippen molar-refractivity contribution in [3.8, 4) is 0 Å². The van der Waals surface area contributed by atoms with Gasteiger partial charge in [-0.05, 0) is 30.9 Å². The van der Waals surface area contributed by atoms with Crippen molar-refractivity contribution in [2.45, 2.75) is 32.6 Å². The van der Waals surface area contributed by atoms with Crippen molar-refractivity contribution in [1.29, 1.82) is 0 Å². The van der Waals surface area contributed by atoms with Gasteiger partial charge >= 0.3 is 5.97 Å². The second-order valence-electron chi connectivity index (χ2n) is 7.48. The van der Waals surface area contributed by atoms with Crippen LogP contribution < -0.4 is 11.1 Å². The molecule has 0 spiro atoms. The van der Waals surface area contributed by atoms with E-state index in [1.54, 1.807) is 25.1 Å². The number of halogens is 2. The van der Waals surface area contributed by atoms with E-state index in [-0.39, 0.29) is 24.9 Å². The summed E-state index contributed by atoms with van der Waals surface area (Å²) >= 11 is 12.8. The fourth-order valence-electron chi connectivity index (χ4n) is 4.02. The Morgan fingerprint density at radius 1 is 1.30 bits per heavy atom. The first kappa shape index (κ1) is 22.8. The first-order chi connectivity index (χ1) is 14.4. The average molecular weight is 453 g/mol. The molecule has 0 radical (unpaired) electrons. The van der Waals surface area contributed by atoms with Gasteiger partial charge in [0.05, 0.1) is 41.1 Å². The number of carbonyl (C=O) groups excluding carboxylic acids is 2. The Kier molecular flexibility index (Phi) is 7.58. The molecular weight excluding hydrogens is 427 g/mol. The maximum absolute atomic E-state index is 13.1. The van der Waals surface area contributed by atoms with Crippen LogP contribution >= 0.6 is 23.2 Å². The van der Waals surface area contributed by atoms with Crippen molar-refractivity contribution in [1.82, 2.24) is 5.32 Å². The number of nitrogens with one attached hydrogen (secondary N) is 1. The van der Waals surface area contributed by atoms with Gasteiger partial charge in [-0.15, -0.1) is 0 Å². The summed E-state index contributed by atoms with van der Waals surface area (Å²) in [6, 6.07) is 5.22. The molecule has 0 aromatic heterocycles. The predicted molar refractivity (Wildman–Crippen MR) is 116 cm³/mol. The molecule has 162 valence electrons. The molecule has 0 fully saturated rings. The molecule has 0 saturated heterocycles. The van der Waals surface area contributed by atoms with Crippen molar-refractivity contribution in [2.24, 2.45) is 11.7 Å². The molecule has 8 heteroatoms. The standard InChI is InChI=1S/C22H26Cl2N2O4/c1-3-30-22(28)20-16(11-29-8-7-25)26-15-9-12(2)10-17(27)19(15)18(20)13-5-4-6-14(23)21(13)24/h4-6,12,18,26H,3,7-11,25H2,1-2H3. The van der Waals surface area contributed by atoms with Crippen LogP contribution in [-0.4, -0.2) is 38.1 Å². The highest BCUT2D eigenvalue weighted by molar-refractivity contribution is 6.42. The number of carbonyl (C=O) groups is 2. The fourth-order valence-corrected chi connectivity index (χ4v) is 4.44. The van der Waals surface area contributed by atoms with E-state index in [9.17, 15) is 9.59 Å². The van der Waals surface area contributed by atoms with Gasteiger partial charge in [-0.2, -0.15) is 0 Å². The molecule has 1 aliphatic heterocycles. The van der Waals surface area contributed by atoms with Gasteiger partial charge in [-0.3, -0.25) is 4.79 Å². The van der Waals surface area contributed by atoms with E-state index >= 15 is 0 Å². The molecule has 2 unspecified atom stereocenters. The molecule has 2 atom stereocenters. The lowest BCUT2D eigenvalue weighted by molar-refractivity contribution is -0.139. The van der Waals surface area contributed by atoms with Crippen LogP contribution in [0, 0.1) is 5.92 Å². The lowest BCUT2D eigenvalue weighted by Gasteiger charge is -2.36. The largest absolute Gasteiger partial charge is 0.463 e. The Morgan fingerprint density at radius 3 is 2.77 bits per heavy atom. The molecule has 0 bridgehead atoms. The average Bonchev–Trinajstić information content (AvgIpc) is 2.69. The van der Waals surface area contributed by atoms with E-state index in [0.29, 0.717) is 58.4 Å². The number of hydrogen-bond donors (Lipinski definition) is 2. The Labute approximate surface area is 186 Å². The van der Waals surface area contributed by atoms with Crippen LogP contribution in [0.25, 0.3) is 0 Å². The highest BCUT2D eigenvalue weighted by atomic mass is 35.5. The monoisotopic (exact) mass is 452 g/mol. The van der Waals surface area contributed by atoms with Crippen molar-refractivity contribution >= 4 is 35.0 Å². The number of dihydropyridines is 1. The summed E-state index contributed by atoms with van der Waals surface area (Å²) in [5.41, 5.74) is 8.36. The van der Waals surface area contributed by atoms with E-state index in [1.807, 2.05) is 6.92 Å². The van der Waals surface area contributed by atoms with Crippen LogP contribution in [0.1, 0.15) is 38.2 Å². The zero-order chi connectivity index (χ0) is 21.8. The third kappa shape index (κ3) is 4.57. The van der Waals surface area contributed by atoms with Gasteiger partial charge in [0.1, 0.15) is 0 Å². The van der Waals surface area contributed by atoms with Crippen LogP contribution in [0.2, 0.25) is 10.0 Å². The summed E-state index contributed by atoms with van der Waals surface area (Å²) in [6.45, 7) is 4.80. The number of ketones is 1. The SMILES string of the molecule is CCOC(=O)C1=C(COCCN)NC2=C(C(=O)CC(C)C2)C1c1cccc(Cl)c1Cl. The molecular formula is C22H26Cl2N2O4. The lowest BCUT2D eigenvalue weighted by Crippen LogP contribution is -2.38. The van der Waals surface area contributed by atoms with Gasteiger partial charge in [0.2, 0.25) is 0 Å². The summed E-state index contributed by atoms with van der Waals surface area (Å²) in [6.07, 6.45) is 1.09. The molecule has 2 aliphatic rings. The summed E-state index contributed by atoms with van der Waals surface area (Å²) in [5.74, 6) is -1.02. The summed E-state index contributed by atoms with van der Waals surface area (Å²) in [7, 11) is 0. The lowest BCUT2D eigenvalue weighted by atomic mass is 9.73. The number of Topliss-reactive ketones (excluding diaryl/α,β-unsaturated/α-hetero) is 1. The van der Waals surface area contributed by atoms with Gasteiger partial charge < -0.3 is 20.5 Å². The molecule has 1 heterocycles. The summed E-state index contributed by atoms with van der Waals surface area (Å²) in [4.78, 5) is 26.2. The van der Waals surface area contributed by atoms with Crippen molar-refractivity contribution in [2.75, 3.05) is 26.4 Å². The predicted octanol–water partition coefficient (Wildman–Crippen LogP) is 3.73. The van der Waals surface area contributed by atoms with E-state index in [4.69, 9.17) is 38.4 Å². The molecule has 1 aliphatic carbocycles. The zero-order valence-corrected chi connectivity index (χ0v) is 18.6.